The van der Waals surface area contributed by atoms with Gasteiger partial charge < -0.3 is 19.1 Å². The van der Waals surface area contributed by atoms with Gasteiger partial charge in [0.15, 0.2) is 17.6 Å². The van der Waals surface area contributed by atoms with Crippen LogP contribution in [0, 0.1) is 5.82 Å². The normalized spacial score (nSPS) is 15.6. The second-order valence-electron chi connectivity index (χ2n) is 7.99. The highest BCUT2D eigenvalue weighted by molar-refractivity contribution is 7.92. The van der Waals surface area contributed by atoms with Crippen LogP contribution in [0.5, 0.6) is 17.2 Å². The Morgan fingerprint density at radius 3 is 2.51 bits per heavy atom. The van der Waals surface area contributed by atoms with E-state index in [-0.39, 0.29) is 29.6 Å². The van der Waals surface area contributed by atoms with Gasteiger partial charge >= 0.3 is 0 Å². The average Bonchev–Trinajstić information content (AvgIpc) is 2.95. The molecular formula is C25H25FN2O6S. The van der Waals surface area contributed by atoms with Gasteiger partial charge in [0, 0.05) is 29.9 Å². The number of hydrogen-bond acceptors (Lipinski definition) is 6. The number of ether oxygens (including phenoxy) is 3. The third-order valence-electron chi connectivity index (χ3n) is 5.61. The molecule has 10 heteroatoms. The molecule has 0 saturated carbocycles. The highest BCUT2D eigenvalue weighted by Crippen LogP contribution is 2.34. The Morgan fingerprint density at radius 2 is 1.83 bits per heavy atom. The van der Waals surface area contributed by atoms with Gasteiger partial charge in [0.05, 0.1) is 19.1 Å². The van der Waals surface area contributed by atoms with E-state index in [9.17, 15) is 17.6 Å². The molecule has 35 heavy (non-hydrogen) atoms. The fourth-order valence-corrected chi connectivity index (χ4v) is 4.96. The maximum Gasteiger partial charge on any atom is 0.263 e. The topological polar surface area (TPSA) is 94.2 Å². The minimum atomic E-state index is -3.93. The number of hydrogen-bond donors (Lipinski definition) is 1. The van der Waals surface area contributed by atoms with E-state index >= 15 is 0 Å². The number of benzene rings is 3. The number of carbonyl (C=O) groups is 1. The van der Waals surface area contributed by atoms with Crippen LogP contribution in [0.15, 0.2) is 65.6 Å². The molecule has 1 heterocycles. The lowest BCUT2D eigenvalue weighted by molar-refractivity contribution is -0.138. The molecule has 0 spiro atoms. The molecule has 0 radical (unpaired) electrons. The molecule has 1 aliphatic heterocycles. The van der Waals surface area contributed by atoms with Crippen molar-refractivity contribution in [1.82, 2.24) is 4.90 Å². The molecule has 0 bridgehead atoms. The van der Waals surface area contributed by atoms with Gasteiger partial charge in [-0.15, -0.1) is 0 Å². The number of nitrogens with zero attached hydrogens (tertiary/aromatic N) is 1. The predicted molar refractivity (Wildman–Crippen MR) is 128 cm³/mol. The quantitative estimate of drug-likeness (QED) is 0.528. The molecular weight excluding hydrogens is 475 g/mol. The molecule has 1 atom stereocenters. The van der Waals surface area contributed by atoms with Crippen LogP contribution in [-0.4, -0.2) is 39.5 Å². The molecule has 1 amide bonds. The maximum atomic E-state index is 13.2. The number of halogens is 1. The number of rotatable bonds is 7. The summed E-state index contributed by atoms with van der Waals surface area (Å²) < 4.78 is 57.9. The van der Waals surface area contributed by atoms with Crippen molar-refractivity contribution < 1.29 is 31.8 Å². The summed E-state index contributed by atoms with van der Waals surface area (Å²) in [5.74, 6) is 0.809. The van der Waals surface area contributed by atoms with Crippen LogP contribution in [0.25, 0.3) is 0 Å². The maximum absolute atomic E-state index is 13.2. The zero-order valence-corrected chi connectivity index (χ0v) is 20.3. The fourth-order valence-electron chi connectivity index (χ4n) is 3.91. The number of para-hydroxylation sites is 1. The number of anilines is 1. The van der Waals surface area contributed by atoms with E-state index in [0.29, 0.717) is 22.8 Å². The van der Waals surface area contributed by atoms with E-state index in [0.717, 1.165) is 17.7 Å². The van der Waals surface area contributed by atoms with Gasteiger partial charge in [0.25, 0.3) is 15.9 Å². The number of carbonyl (C=O) groups excluding carboxylic acids is 1. The molecule has 4 rings (SSSR count). The van der Waals surface area contributed by atoms with Crippen molar-refractivity contribution in [3.05, 3.63) is 77.6 Å². The minimum Gasteiger partial charge on any atom is -0.493 e. The summed E-state index contributed by atoms with van der Waals surface area (Å²) >= 11 is 0. The highest BCUT2D eigenvalue weighted by atomic mass is 32.2. The van der Waals surface area contributed by atoms with Gasteiger partial charge in [-0.1, -0.05) is 12.1 Å². The molecule has 0 aromatic heterocycles. The lowest BCUT2D eigenvalue weighted by Crippen LogP contribution is -2.37. The molecule has 3 aromatic carbocycles. The summed E-state index contributed by atoms with van der Waals surface area (Å²) in [6, 6.07) is 14.8. The Bertz CT molecular complexity index is 1340. The Kier molecular flexibility index (Phi) is 6.83. The first-order chi connectivity index (χ1) is 16.7. The van der Waals surface area contributed by atoms with E-state index in [1.54, 1.807) is 43.2 Å². The van der Waals surface area contributed by atoms with Crippen LogP contribution in [0.4, 0.5) is 10.1 Å². The first-order valence-electron chi connectivity index (χ1n) is 10.8. The van der Waals surface area contributed by atoms with Crippen molar-refractivity contribution >= 4 is 21.6 Å². The van der Waals surface area contributed by atoms with Crippen LogP contribution < -0.4 is 18.9 Å². The smallest absolute Gasteiger partial charge is 0.263 e. The molecule has 0 aliphatic carbocycles. The van der Waals surface area contributed by atoms with E-state index < -0.39 is 21.9 Å². The van der Waals surface area contributed by atoms with Crippen LogP contribution in [0.2, 0.25) is 0 Å². The van der Waals surface area contributed by atoms with Crippen molar-refractivity contribution in [1.29, 1.82) is 0 Å². The molecule has 1 N–H and O–H groups in total. The van der Waals surface area contributed by atoms with Gasteiger partial charge in [-0.05, 0) is 55.5 Å². The first kappa shape index (κ1) is 24.3. The molecule has 0 fully saturated rings. The second kappa shape index (κ2) is 9.83. The van der Waals surface area contributed by atoms with Crippen LogP contribution in [0.1, 0.15) is 18.1 Å². The van der Waals surface area contributed by atoms with E-state index in [2.05, 4.69) is 4.72 Å². The number of sulfonamides is 1. The zero-order chi connectivity index (χ0) is 25.2. The van der Waals surface area contributed by atoms with Crippen LogP contribution in [-0.2, 0) is 27.9 Å². The van der Waals surface area contributed by atoms with Gasteiger partial charge in [-0.3, -0.25) is 9.52 Å². The monoisotopic (exact) mass is 500 g/mol. The van der Waals surface area contributed by atoms with Crippen molar-refractivity contribution in [2.75, 3.05) is 18.9 Å². The van der Waals surface area contributed by atoms with Crippen molar-refractivity contribution in [3.63, 3.8) is 0 Å². The Hall–Kier alpha value is -3.79. The Morgan fingerprint density at radius 1 is 1.09 bits per heavy atom. The van der Waals surface area contributed by atoms with Gasteiger partial charge in [0.2, 0.25) is 0 Å². The number of methoxy groups -OCH3 is 2. The lowest BCUT2D eigenvalue weighted by atomic mass is 10.1. The Balaban J connectivity index is 1.63. The average molecular weight is 501 g/mol. The third-order valence-corrected chi connectivity index (χ3v) is 7.00. The van der Waals surface area contributed by atoms with Gasteiger partial charge in [-0.2, -0.15) is 0 Å². The summed E-state index contributed by atoms with van der Waals surface area (Å²) in [7, 11) is -0.860. The van der Waals surface area contributed by atoms with Crippen LogP contribution in [0.3, 0.4) is 0 Å². The molecule has 8 nitrogen and oxygen atoms in total. The van der Waals surface area contributed by atoms with Gasteiger partial charge in [0.1, 0.15) is 11.6 Å². The van der Waals surface area contributed by atoms with Crippen LogP contribution >= 0.6 is 0 Å². The number of fused-ring (bicyclic) bond motifs is 1. The number of amides is 1. The summed E-state index contributed by atoms with van der Waals surface area (Å²) in [6.07, 6.45) is -0.741. The summed E-state index contributed by atoms with van der Waals surface area (Å²) in [5.41, 5.74) is 1.67. The SMILES string of the molecule is COc1cccc(CN2Cc3cc(NS(=O)(=O)c4ccc(F)cc4)ccc3OC(C)C2=O)c1OC. The predicted octanol–water partition coefficient (Wildman–Crippen LogP) is 3.95. The van der Waals surface area contributed by atoms with Crippen molar-refractivity contribution in [2.24, 2.45) is 0 Å². The van der Waals surface area contributed by atoms with Crippen molar-refractivity contribution in [3.8, 4) is 17.2 Å². The molecule has 1 aliphatic rings. The molecule has 0 saturated heterocycles. The minimum absolute atomic E-state index is 0.0689. The van der Waals surface area contributed by atoms with E-state index in [4.69, 9.17) is 14.2 Å². The largest absolute Gasteiger partial charge is 0.493 e. The van der Waals surface area contributed by atoms with E-state index in [1.165, 1.54) is 19.2 Å². The van der Waals surface area contributed by atoms with Gasteiger partial charge in [-0.25, -0.2) is 12.8 Å². The molecule has 3 aromatic rings. The molecule has 184 valence electrons. The summed E-state index contributed by atoms with van der Waals surface area (Å²) in [4.78, 5) is 14.6. The lowest BCUT2D eigenvalue weighted by Gasteiger charge is -2.24. The third kappa shape index (κ3) is 5.17. The second-order valence-corrected chi connectivity index (χ2v) is 9.67. The standard InChI is InChI=1S/C25H25FN2O6S/c1-16-25(29)28(14-17-5-4-6-23(32-2)24(17)33-3)15-18-13-20(9-12-22(18)34-16)27-35(30,31)21-10-7-19(26)8-11-21/h4-13,16,27H,14-15H2,1-3H3. The zero-order valence-electron chi connectivity index (χ0n) is 19.4. The fraction of sp³-hybridized carbons (Fsp3) is 0.240. The van der Waals surface area contributed by atoms with Crippen molar-refractivity contribution in [2.45, 2.75) is 31.0 Å². The van der Waals surface area contributed by atoms with E-state index in [1.807, 2.05) is 12.1 Å². The molecule has 1 unspecified atom stereocenters. The summed E-state index contributed by atoms with van der Waals surface area (Å²) in [5, 5.41) is 0. The Labute approximate surface area is 203 Å². The number of nitrogens with one attached hydrogen (secondary N) is 1. The summed E-state index contributed by atoms with van der Waals surface area (Å²) in [6.45, 7) is 2.08. The highest BCUT2D eigenvalue weighted by Gasteiger charge is 2.29. The first-order valence-corrected chi connectivity index (χ1v) is 12.3.